The van der Waals surface area contributed by atoms with Crippen LogP contribution < -0.4 is 0 Å². The molecule has 0 radical (unpaired) electrons. The minimum absolute atomic E-state index is 0.870. The first kappa shape index (κ1) is 6.51. The van der Waals surface area contributed by atoms with Crippen molar-refractivity contribution in [3.63, 3.8) is 0 Å². The Morgan fingerprint density at radius 2 is 2.09 bits per heavy atom. The van der Waals surface area contributed by atoms with Crippen LogP contribution in [0.1, 0.15) is 39.5 Å². The normalized spacial score (nSPS) is 64.9. The first-order valence-electron chi connectivity index (χ1n) is 5.25. The van der Waals surface area contributed by atoms with E-state index in [1.165, 1.54) is 18.3 Å². The largest absolute Gasteiger partial charge is 0.0651 e. The van der Waals surface area contributed by atoms with E-state index in [-0.39, 0.29) is 0 Å². The summed E-state index contributed by atoms with van der Waals surface area (Å²) in [6, 6.07) is 0. The van der Waals surface area contributed by atoms with Crippen molar-refractivity contribution in [3.05, 3.63) is 0 Å². The molecular weight excluding hydrogens is 132 g/mol. The average Bonchev–Trinajstić information content (AvgIpc) is 2.45. The zero-order valence-electron chi connectivity index (χ0n) is 7.64. The third kappa shape index (κ3) is 0.588. The highest BCUT2D eigenvalue weighted by Gasteiger charge is 2.71. The van der Waals surface area contributed by atoms with Crippen LogP contribution in [0.15, 0.2) is 0 Å². The Bertz CT molecular complexity index is 196. The molecule has 0 bridgehead atoms. The van der Waals surface area contributed by atoms with Crippen LogP contribution in [0.2, 0.25) is 0 Å². The van der Waals surface area contributed by atoms with Gasteiger partial charge in [0, 0.05) is 0 Å². The fourth-order valence-corrected chi connectivity index (χ4v) is 4.08. The van der Waals surface area contributed by atoms with E-state index in [9.17, 15) is 0 Å². The molecule has 0 aromatic carbocycles. The Morgan fingerprint density at radius 3 is 2.73 bits per heavy atom. The zero-order chi connectivity index (χ0) is 7.64. The summed E-state index contributed by atoms with van der Waals surface area (Å²) >= 11 is 0. The molecule has 0 saturated heterocycles. The van der Waals surface area contributed by atoms with Gasteiger partial charge in [0.2, 0.25) is 0 Å². The summed E-state index contributed by atoms with van der Waals surface area (Å²) in [6.45, 7) is 4.89. The average molecular weight is 150 g/mol. The van der Waals surface area contributed by atoms with Crippen molar-refractivity contribution in [2.24, 2.45) is 29.1 Å². The SMILES string of the molecule is CCC1CC2C(C1)C1(C)CC21. The summed E-state index contributed by atoms with van der Waals surface area (Å²) in [6.07, 6.45) is 6.18. The number of hydrogen-bond acceptors (Lipinski definition) is 0. The van der Waals surface area contributed by atoms with Gasteiger partial charge in [-0.25, -0.2) is 0 Å². The van der Waals surface area contributed by atoms with Gasteiger partial charge < -0.3 is 0 Å². The first-order chi connectivity index (χ1) is 5.25. The van der Waals surface area contributed by atoms with E-state index < -0.39 is 0 Å². The quantitative estimate of drug-likeness (QED) is 0.539. The molecule has 3 fully saturated rings. The standard InChI is InChI=1S/C11H18/c1-3-7-4-8-9(5-7)11(2)6-10(8)11/h7-10H,3-6H2,1-2H3. The monoisotopic (exact) mass is 150 g/mol. The van der Waals surface area contributed by atoms with Crippen molar-refractivity contribution in [1.29, 1.82) is 0 Å². The topological polar surface area (TPSA) is 0 Å². The van der Waals surface area contributed by atoms with Crippen LogP contribution in [0, 0.1) is 29.1 Å². The highest BCUT2D eigenvalue weighted by atomic mass is 14.8. The van der Waals surface area contributed by atoms with Gasteiger partial charge in [-0.05, 0) is 48.3 Å². The van der Waals surface area contributed by atoms with E-state index in [2.05, 4.69) is 13.8 Å². The fraction of sp³-hybridized carbons (Fsp3) is 1.00. The first-order valence-corrected chi connectivity index (χ1v) is 5.25. The molecule has 0 aromatic rings. The predicted octanol–water partition coefficient (Wildman–Crippen LogP) is 3.08. The lowest BCUT2D eigenvalue weighted by molar-refractivity contribution is 0.106. The van der Waals surface area contributed by atoms with Crippen LogP contribution >= 0.6 is 0 Å². The third-order valence-electron chi connectivity index (χ3n) is 5.00. The van der Waals surface area contributed by atoms with Crippen LogP contribution in [0.3, 0.4) is 0 Å². The number of rotatable bonds is 1. The highest BCUT2D eigenvalue weighted by molar-refractivity contribution is 5.20. The summed E-state index contributed by atoms with van der Waals surface area (Å²) in [5, 5.41) is 0. The lowest BCUT2D eigenvalue weighted by Gasteiger charge is -2.37. The zero-order valence-corrected chi connectivity index (χ0v) is 7.64. The fourth-order valence-electron chi connectivity index (χ4n) is 4.08. The van der Waals surface area contributed by atoms with Gasteiger partial charge in [-0.15, -0.1) is 0 Å². The van der Waals surface area contributed by atoms with Gasteiger partial charge in [-0.1, -0.05) is 20.3 Å². The van der Waals surface area contributed by atoms with Crippen molar-refractivity contribution in [1.82, 2.24) is 0 Å². The third-order valence-corrected chi connectivity index (χ3v) is 5.00. The van der Waals surface area contributed by atoms with Gasteiger partial charge >= 0.3 is 0 Å². The Hall–Kier alpha value is 0. The maximum atomic E-state index is 2.52. The number of hydrogen-bond donors (Lipinski definition) is 0. The van der Waals surface area contributed by atoms with Crippen LogP contribution in [0.25, 0.3) is 0 Å². The van der Waals surface area contributed by atoms with Gasteiger partial charge in [-0.2, -0.15) is 0 Å². The highest BCUT2D eigenvalue weighted by Crippen LogP contribution is 2.78. The lowest BCUT2D eigenvalue weighted by Crippen LogP contribution is -2.32. The van der Waals surface area contributed by atoms with E-state index in [0.717, 1.165) is 17.3 Å². The molecule has 0 aliphatic heterocycles. The molecule has 0 heterocycles. The van der Waals surface area contributed by atoms with E-state index in [1.807, 2.05) is 0 Å². The maximum Gasteiger partial charge on any atom is -0.0260 e. The van der Waals surface area contributed by atoms with Crippen molar-refractivity contribution in [2.75, 3.05) is 0 Å². The maximum absolute atomic E-state index is 2.52. The van der Waals surface area contributed by atoms with Gasteiger partial charge in [-0.3, -0.25) is 0 Å². The van der Waals surface area contributed by atoms with Crippen LogP contribution in [-0.4, -0.2) is 0 Å². The second kappa shape index (κ2) is 1.67. The minimum Gasteiger partial charge on any atom is -0.0651 e. The van der Waals surface area contributed by atoms with Gasteiger partial charge in [0.25, 0.3) is 0 Å². The molecule has 3 aliphatic carbocycles. The second-order valence-corrected chi connectivity index (χ2v) is 5.33. The van der Waals surface area contributed by atoms with Crippen LogP contribution in [0.5, 0.6) is 0 Å². The Morgan fingerprint density at radius 1 is 1.27 bits per heavy atom. The van der Waals surface area contributed by atoms with E-state index in [4.69, 9.17) is 0 Å². The van der Waals surface area contributed by atoms with Crippen molar-refractivity contribution in [2.45, 2.75) is 39.5 Å². The molecule has 3 saturated carbocycles. The Kier molecular flexibility index (Phi) is 0.990. The van der Waals surface area contributed by atoms with Gasteiger partial charge in [0.05, 0.1) is 0 Å². The summed E-state index contributed by atoms with van der Waals surface area (Å²) < 4.78 is 0. The van der Waals surface area contributed by atoms with Crippen molar-refractivity contribution in [3.8, 4) is 0 Å². The molecule has 11 heavy (non-hydrogen) atoms. The molecule has 0 N–H and O–H groups in total. The lowest BCUT2D eigenvalue weighted by atomic mass is 9.67. The summed E-state index contributed by atoms with van der Waals surface area (Å²) in [7, 11) is 0. The molecule has 62 valence electrons. The molecule has 0 nitrogen and oxygen atoms in total. The van der Waals surface area contributed by atoms with E-state index in [0.29, 0.717) is 0 Å². The predicted molar refractivity (Wildman–Crippen MR) is 46.2 cm³/mol. The molecule has 3 rings (SSSR count). The molecule has 3 aliphatic rings. The van der Waals surface area contributed by atoms with Gasteiger partial charge in [0.15, 0.2) is 0 Å². The van der Waals surface area contributed by atoms with Gasteiger partial charge in [0.1, 0.15) is 0 Å². The molecule has 5 unspecified atom stereocenters. The van der Waals surface area contributed by atoms with E-state index in [1.54, 1.807) is 19.3 Å². The Labute approximate surface area is 69.4 Å². The minimum atomic E-state index is 0.870. The molecule has 5 atom stereocenters. The molecule has 0 aromatic heterocycles. The van der Waals surface area contributed by atoms with Crippen molar-refractivity contribution >= 4 is 0 Å². The second-order valence-electron chi connectivity index (χ2n) is 5.33. The molecular formula is C11H18. The number of fused-ring (bicyclic) bond motifs is 4. The smallest absolute Gasteiger partial charge is 0.0260 e. The summed E-state index contributed by atoms with van der Waals surface area (Å²) in [4.78, 5) is 0. The summed E-state index contributed by atoms with van der Waals surface area (Å²) in [5.41, 5.74) is 0.870. The Balaban J connectivity index is 1.77. The van der Waals surface area contributed by atoms with Crippen LogP contribution in [-0.2, 0) is 0 Å². The molecule has 0 heteroatoms. The summed E-state index contributed by atoms with van der Waals surface area (Å²) in [5.74, 6) is 4.64. The van der Waals surface area contributed by atoms with Crippen LogP contribution in [0.4, 0.5) is 0 Å². The van der Waals surface area contributed by atoms with Crippen molar-refractivity contribution < 1.29 is 0 Å². The molecule has 0 amide bonds. The molecule has 0 spiro atoms. The van der Waals surface area contributed by atoms with E-state index >= 15 is 0 Å².